The number of nitrogens with one attached hydrogen (secondary N) is 2. The highest BCUT2D eigenvalue weighted by Gasteiger charge is 2.17. The monoisotopic (exact) mass is 549 g/mol. The summed E-state index contributed by atoms with van der Waals surface area (Å²) in [7, 11) is 0. The van der Waals surface area contributed by atoms with Crippen LogP contribution in [0.2, 0.25) is 0 Å². The van der Waals surface area contributed by atoms with Gasteiger partial charge in [0.15, 0.2) is 0 Å². The molecule has 0 spiro atoms. The van der Waals surface area contributed by atoms with Crippen LogP contribution in [0.1, 0.15) is 5.69 Å². The van der Waals surface area contributed by atoms with Crippen LogP contribution in [-0.2, 0) is 0 Å². The second kappa shape index (κ2) is 10.2. The lowest BCUT2D eigenvalue weighted by molar-refractivity contribution is 1.09. The van der Waals surface area contributed by atoms with Crippen molar-refractivity contribution < 1.29 is 0 Å². The van der Waals surface area contributed by atoms with Crippen LogP contribution in [0, 0.1) is 5.41 Å². The first-order valence-electron chi connectivity index (χ1n) is 14.5. The van der Waals surface area contributed by atoms with Gasteiger partial charge in [-0.15, -0.1) is 0 Å². The van der Waals surface area contributed by atoms with Gasteiger partial charge < -0.3 is 10.7 Å². The molecule has 202 valence electrons. The number of dihydropyridines is 1. The number of aromatic nitrogens is 1. The lowest BCUT2D eigenvalue weighted by Crippen LogP contribution is -2.18. The van der Waals surface area contributed by atoms with Crippen molar-refractivity contribution in [3.63, 3.8) is 0 Å². The van der Waals surface area contributed by atoms with E-state index in [0.717, 1.165) is 39.1 Å². The fourth-order valence-corrected chi connectivity index (χ4v) is 6.27. The number of allylic oxidation sites excluding steroid dienone is 8. The predicted molar refractivity (Wildman–Crippen MR) is 181 cm³/mol. The van der Waals surface area contributed by atoms with Crippen LogP contribution >= 0.6 is 0 Å². The molecular weight excluding hydrogens is 522 g/mol. The van der Waals surface area contributed by atoms with Crippen molar-refractivity contribution in [1.29, 1.82) is 5.41 Å². The first-order valence-corrected chi connectivity index (χ1v) is 14.5. The maximum Gasteiger partial charge on any atom is 0.0872 e. The van der Waals surface area contributed by atoms with Gasteiger partial charge in [-0.25, -0.2) is 4.98 Å². The highest BCUT2D eigenvalue weighted by Crippen LogP contribution is 2.43. The minimum absolute atomic E-state index is 0.491. The summed E-state index contributed by atoms with van der Waals surface area (Å²) >= 11 is 0. The predicted octanol–water partition coefficient (Wildman–Crippen LogP) is 9.78. The molecule has 6 aromatic rings. The second-order valence-corrected chi connectivity index (χ2v) is 10.8. The van der Waals surface area contributed by atoms with Crippen molar-refractivity contribution >= 4 is 43.9 Å². The summed E-state index contributed by atoms with van der Waals surface area (Å²) in [6.45, 7) is 0. The summed E-state index contributed by atoms with van der Waals surface area (Å²) in [6, 6.07) is 39.0. The van der Waals surface area contributed by atoms with Crippen LogP contribution in [0.3, 0.4) is 0 Å². The van der Waals surface area contributed by atoms with Crippen LogP contribution in [0.25, 0.3) is 60.4 Å². The Morgan fingerprint density at radius 1 is 0.558 bits per heavy atom. The second-order valence-electron chi connectivity index (χ2n) is 10.8. The van der Waals surface area contributed by atoms with E-state index in [0.29, 0.717) is 5.71 Å². The summed E-state index contributed by atoms with van der Waals surface area (Å²) in [5, 5.41) is 17.9. The molecule has 5 aromatic carbocycles. The van der Waals surface area contributed by atoms with Gasteiger partial charge in [0.2, 0.25) is 0 Å². The van der Waals surface area contributed by atoms with Gasteiger partial charge in [0.1, 0.15) is 0 Å². The maximum absolute atomic E-state index is 8.34. The average molecular weight is 550 g/mol. The topological polar surface area (TPSA) is 48.8 Å². The van der Waals surface area contributed by atoms with Crippen molar-refractivity contribution in [2.45, 2.75) is 0 Å². The molecular formula is C40H27N3. The SMILES string of the molecule is N=C1C=CC=C/C1=C1\C=CC=C(c2ccc3ccc(-c4c5ccccc5c(-c5ccccc5)c5ccccc45)cc3n2)N1. The lowest BCUT2D eigenvalue weighted by atomic mass is 9.86. The van der Waals surface area contributed by atoms with Gasteiger partial charge in [-0.2, -0.15) is 0 Å². The number of hydrogen-bond donors (Lipinski definition) is 2. The van der Waals surface area contributed by atoms with Crippen LogP contribution in [0.5, 0.6) is 0 Å². The molecule has 0 atom stereocenters. The Morgan fingerprint density at radius 3 is 1.88 bits per heavy atom. The largest absolute Gasteiger partial charge is 0.353 e. The van der Waals surface area contributed by atoms with Crippen LogP contribution in [0.15, 0.2) is 163 Å². The third-order valence-corrected chi connectivity index (χ3v) is 8.26. The number of nitrogens with zero attached hydrogens (tertiary/aromatic N) is 1. The maximum atomic E-state index is 8.34. The van der Waals surface area contributed by atoms with Gasteiger partial charge in [0, 0.05) is 16.7 Å². The van der Waals surface area contributed by atoms with Gasteiger partial charge in [0.05, 0.1) is 22.6 Å². The summed E-state index contributed by atoms with van der Waals surface area (Å²) in [5.74, 6) is 0. The van der Waals surface area contributed by atoms with Crippen LogP contribution in [-0.4, -0.2) is 10.7 Å². The third-order valence-electron chi connectivity index (χ3n) is 8.26. The summed E-state index contributed by atoms with van der Waals surface area (Å²) < 4.78 is 0. The number of fused-ring (bicyclic) bond motifs is 3. The van der Waals surface area contributed by atoms with Gasteiger partial charge >= 0.3 is 0 Å². The standard InChI is InChI=1S/C40H27N3/c41-34-18-9-8-17-33(34)35-19-10-20-36(42-35)37-24-23-26-21-22-28(25-38(26)43-37)40-31-15-6-4-13-29(31)39(27-11-2-1-3-12-27)30-14-5-7-16-32(30)40/h1-25,41-42H/b35-33-,41-34?. The van der Waals surface area contributed by atoms with Crippen molar-refractivity contribution in [2.24, 2.45) is 0 Å². The van der Waals surface area contributed by atoms with E-state index in [1.165, 1.54) is 38.2 Å². The van der Waals surface area contributed by atoms with Gasteiger partial charge in [-0.1, -0.05) is 121 Å². The van der Waals surface area contributed by atoms with E-state index in [9.17, 15) is 0 Å². The summed E-state index contributed by atoms with van der Waals surface area (Å²) in [6.07, 6.45) is 13.7. The molecule has 0 saturated heterocycles. The van der Waals surface area contributed by atoms with E-state index in [2.05, 4.69) is 115 Å². The highest BCUT2D eigenvalue weighted by atomic mass is 14.9. The molecule has 43 heavy (non-hydrogen) atoms. The van der Waals surface area contributed by atoms with E-state index in [1.807, 2.05) is 42.5 Å². The van der Waals surface area contributed by atoms with Crippen LogP contribution < -0.4 is 5.32 Å². The Bertz CT molecular complexity index is 2210. The van der Waals surface area contributed by atoms with E-state index in [4.69, 9.17) is 10.4 Å². The van der Waals surface area contributed by atoms with Gasteiger partial charge in [0.25, 0.3) is 0 Å². The molecule has 0 unspecified atom stereocenters. The molecule has 0 amide bonds. The number of rotatable bonds is 3. The molecule has 0 saturated carbocycles. The molecule has 0 bridgehead atoms. The zero-order valence-electron chi connectivity index (χ0n) is 23.4. The summed E-state index contributed by atoms with van der Waals surface area (Å²) in [5.41, 5.74) is 9.82. The highest BCUT2D eigenvalue weighted by molar-refractivity contribution is 6.21. The fraction of sp³-hybridized carbons (Fsp3) is 0. The molecule has 2 aliphatic rings. The third kappa shape index (κ3) is 4.30. The Labute approximate surface area is 250 Å². The molecule has 3 nitrogen and oxygen atoms in total. The smallest absolute Gasteiger partial charge is 0.0872 e. The molecule has 1 aliphatic heterocycles. The van der Waals surface area contributed by atoms with Crippen molar-refractivity contribution in [3.05, 3.63) is 169 Å². The number of benzene rings is 5. The molecule has 1 aliphatic carbocycles. The zero-order chi connectivity index (χ0) is 28.8. The molecule has 0 radical (unpaired) electrons. The molecule has 8 rings (SSSR count). The van der Waals surface area contributed by atoms with E-state index in [1.54, 1.807) is 0 Å². The van der Waals surface area contributed by atoms with Crippen molar-refractivity contribution in [1.82, 2.24) is 10.3 Å². The summed E-state index contributed by atoms with van der Waals surface area (Å²) in [4.78, 5) is 5.14. The van der Waals surface area contributed by atoms with E-state index >= 15 is 0 Å². The Balaban J connectivity index is 1.29. The van der Waals surface area contributed by atoms with Crippen molar-refractivity contribution in [3.8, 4) is 22.3 Å². The Hall–Kier alpha value is -5.80. The normalized spacial score (nSPS) is 16.2. The fourth-order valence-electron chi connectivity index (χ4n) is 6.27. The first kappa shape index (κ1) is 25.0. The molecule has 2 N–H and O–H groups in total. The number of pyridine rings is 1. The lowest BCUT2D eigenvalue weighted by Gasteiger charge is -2.19. The Kier molecular flexibility index (Phi) is 5.94. The number of hydrogen-bond acceptors (Lipinski definition) is 3. The van der Waals surface area contributed by atoms with E-state index < -0.39 is 0 Å². The van der Waals surface area contributed by atoms with Crippen LogP contribution in [0.4, 0.5) is 0 Å². The minimum Gasteiger partial charge on any atom is -0.353 e. The van der Waals surface area contributed by atoms with Crippen molar-refractivity contribution in [2.75, 3.05) is 0 Å². The minimum atomic E-state index is 0.491. The first-order chi connectivity index (χ1) is 21.2. The van der Waals surface area contributed by atoms with Gasteiger partial charge in [-0.05, 0) is 74.2 Å². The zero-order valence-corrected chi connectivity index (χ0v) is 23.4. The molecule has 2 heterocycles. The van der Waals surface area contributed by atoms with E-state index in [-0.39, 0.29) is 0 Å². The average Bonchev–Trinajstić information content (AvgIpc) is 3.07. The quantitative estimate of drug-likeness (QED) is 0.216. The molecule has 1 aromatic heterocycles. The molecule has 3 heteroatoms. The van der Waals surface area contributed by atoms with Gasteiger partial charge in [-0.3, -0.25) is 0 Å². The Morgan fingerprint density at radius 2 is 1.19 bits per heavy atom. The molecule has 0 fully saturated rings.